The highest BCUT2D eigenvalue weighted by molar-refractivity contribution is 8.01. The van der Waals surface area contributed by atoms with Gasteiger partial charge < -0.3 is 10.4 Å². The molecular weight excluding hydrogens is 258 g/mol. The summed E-state index contributed by atoms with van der Waals surface area (Å²) >= 11 is 3.07. The van der Waals surface area contributed by atoms with Crippen molar-refractivity contribution in [2.24, 2.45) is 5.41 Å². The molecule has 1 aliphatic rings. The standard InChI is InChI=1S/C11H13NO3S2/c13-8(6-17-9-2-1-5-16-9)12-7-11(3-4-11)10(14)15/h1-2,5H,3-4,6-7H2,(H,12,13)(H,14,15). The van der Waals surface area contributed by atoms with Gasteiger partial charge in [-0.2, -0.15) is 0 Å². The van der Waals surface area contributed by atoms with Gasteiger partial charge in [0.05, 0.1) is 15.4 Å². The van der Waals surface area contributed by atoms with E-state index in [1.165, 1.54) is 11.8 Å². The van der Waals surface area contributed by atoms with Crippen LogP contribution in [0.4, 0.5) is 0 Å². The average Bonchev–Trinajstić information content (AvgIpc) is 2.93. The number of hydrogen-bond donors (Lipinski definition) is 2. The summed E-state index contributed by atoms with van der Waals surface area (Å²) in [5, 5.41) is 13.6. The van der Waals surface area contributed by atoms with Crippen molar-refractivity contribution in [3.8, 4) is 0 Å². The number of aliphatic carboxylic acids is 1. The van der Waals surface area contributed by atoms with E-state index < -0.39 is 11.4 Å². The molecule has 4 nitrogen and oxygen atoms in total. The highest BCUT2D eigenvalue weighted by Crippen LogP contribution is 2.45. The summed E-state index contributed by atoms with van der Waals surface area (Å²) in [4.78, 5) is 22.4. The summed E-state index contributed by atoms with van der Waals surface area (Å²) in [6.07, 6.45) is 1.33. The largest absolute Gasteiger partial charge is 0.481 e. The Morgan fingerprint density at radius 3 is 2.82 bits per heavy atom. The van der Waals surface area contributed by atoms with Crippen LogP contribution in [0.1, 0.15) is 12.8 Å². The number of thiophene rings is 1. The van der Waals surface area contributed by atoms with E-state index in [1.807, 2.05) is 17.5 Å². The van der Waals surface area contributed by atoms with Gasteiger partial charge in [-0.15, -0.1) is 23.1 Å². The normalized spacial score (nSPS) is 16.5. The molecule has 0 bridgehead atoms. The van der Waals surface area contributed by atoms with Crippen LogP contribution >= 0.6 is 23.1 Å². The molecule has 0 radical (unpaired) electrons. The molecule has 0 aromatic carbocycles. The van der Waals surface area contributed by atoms with Gasteiger partial charge in [0, 0.05) is 6.54 Å². The number of carboxylic acid groups (broad SMARTS) is 1. The Labute approximate surface area is 107 Å². The van der Waals surface area contributed by atoms with Crippen molar-refractivity contribution in [1.82, 2.24) is 5.32 Å². The fraction of sp³-hybridized carbons (Fsp3) is 0.455. The molecule has 1 amide bonds. The molecule has 1 aliphatic carbocycles. The second kappa shape index (κ2) is 5.10. The van der Waals surface area contributed by atoms with Gasteiger partial charge >= 0.3 is 5.97 Å². The quantitative estimate of drug-likeness (QED) is 0.775. The SMILES string of the molecule is O=C(CSc1cccs1)NCC1(C(=O)O)CC1. The molecule has 17 heavy (non-hydrogen) atoms. The summed E-state index contributed by atoms with van der Waals surface area (Å²) < 4.78 is 1.10. The zero-order valence-corrected chi connectivity index (χ0v) is 10.8. The number of thioether (sulfide) groups is 1. The lowest BCUT2D eigenvalue weighted by atomic mass is 10.1. The van der Waals surface area contributed by atoms with E-state index in [1.54, 1.807) is 11.3 Å². The minimum absolute atomic E-state index is 0.101. The minimum atomic E-state index is -0.802. The van der Waals surface area contributed by atoms with Crippen molar-refractivity contribution < 1.29 is 14.7 Å². The fourth-order valence-electron chi connectivity index (χ4n) is 1.42. The molecule has 1 aromatic rings. The Morgan fingerprint density at radius 1 is 1.53 bits per heavy atom. The summed E-state index contributed by atoms with van der Waals surface area (Å²) in [5.74, 6) is -0.560. The van der Waals surface area contributed by atoms with E-state index in [0.29, 0.717) is 18.6 Å². The van der Waals surface area contributed by atoms with Crippen LogP contribution in [0, 0.1) is 5.41 Å². The first kappa shape index (κ1) is 12.4. The molecule has 1 heterocycles. The molecule has 2 rings (SSSR count). The summed E-state index contributed by atoms with van der Waals surface area (Å²) in [5.41, 5.74) is -0.677. The van der Waals surface area contributed by atoms with Crippen LogP contribution in [0.5, 0.6) is 0 Å². The van der Waals surface area contributed by atoms with Gasteiger partial charge in [0.15, 0.2) is 0 Å². The third-order valence-electron chi connectivity index (χ3n) is 2.77. The van der Waals surface area contributed by atoms with Crippen molar-refractivity contribution in [1.29, 1.82) is 0 Å². The second-order valence-electron chi connectivity index (χ2n) is 4.08. The van der Waals surface area contributed by atoms with E-state index >= 15 is 0 Å². The molecule has 0 saturated heterocycles. The summed E-state index contributed by atoms with van der Waals surface area (Å²) in [7, 11) is 0. The fourth-order valence-corrected chi connectivity index (χ4v) is 3.03. The van der Waals surface area contributed by atoms with Gasteiger partial charge in [-0.05, 0) is 24.3 Å². The number of hydrogen-bond acceptors (Lipinski definition) is 4. The van der Waals surface area contributed by atoms with Gasteiger partial charge in [-0.3, -0.25) is 9.59 Å². The monoisotopic (exact) mass is 271 g/mol. The van der Waals surface area contributed by atoms with Gasteiger partial charge in [0.1, 0.15) is 0 Å². The molecule has 1 aromatic heterocycles. The topological polar surface area (TPSA) is 66.4 Å². The van der Waals surface area contributed by atoms with E-state index in [2.05, 4.69) is 5.32 Å². The van der Waals surface area contributed by atoms with Crippen molar-refractivity contribution in [3.05, 3.63) is 17.5 Å². The third-order valence-corrected chi connectivity index (χ3v) is 4.90. The van der Waals surface area contributed by atoms with E-state index in [-0.39, 0.29) is 12.5 Å². The van der Waals surface area contributed by atoms with Crippen molar-refractivity contribution in [2.45, 2.75) is 17.1 Å². The van der Waals surface area contributed by atoms with Gasteiger partial charge in [0.25, 0.3) is 0 Å². The van der Waals surface area contributed by atoms with Crippen molar-refractivity contribution in [3.63, 3.8) is 0 Å². The first-order valence-corrected chi connectivity index (χ1v) is 7.15. The molecule has 0 aliphatic heterocycles. The Morgan fingerprint density at radius 2 is 2.29 bits per heavy atom. The van der Waals surface area contributed by atoms with Crippen LogP contribution in [0.3, 0.4) is 0 Å². The maximum atomic E-state index is 11.5. The van der Waals surface area contributed by atoms with E-state index in [4.69, 9.17) is 5.11 Å². The maximum Gasteiger partial charge on any atom is 0.311 e. The first-order chi connectivity index (χ1) is 8.12. The summed E-state index contributed by atoms with van der Waals surface area (Å²) in [6, 6.07) is 3.90. The molecule has 92 valence electrons. The van der Waals surface area contributed by atoms with E-state index in [0.717, 1.165) is 4.21 Å². The highest BCUT2D eigenvalue weighted by atomic mass is 32.2. The molecule has 0 atom stereocenters. The molecular formula is C11H13NO3S2. The number of rotatable bonds is 6. The number of carboxylic acids is 1. The van der Waals surface area contributed by atoms with Crippen LogP contribution in [0.25, 0.3) is 0 Å². The predicted molar refractivity (Wildman–Crippen MR) is 67.4 cm³/mol. The maximum absolute atomic E-state index is 11.5. The predicted octanol–water partition coefficient (Wildman–Crippen LogP) is 1.82. The number of carbonyl (C=O) groups is 2. The minimum Gasteiger partial charge on any atom is -0.481 e. The molecule has 1 saturated carbocycles. The number of nitrogens with one attached hydrogen (secondary N) is 1. The molecule has 2 N–H and O–H groups in total. The smallest absolute Gasteiger partial charge is 0.311 e. The zero-order chi connectivity index (χ0) is 12.3. The molecule has 0 spiro atoms. The summed E-state index contributed by atoms with van der Waals surface area (Å²) in [6.45, 7) is 0.256. The molecule has 0 unspecified atom stereocenters. The Kier molecular flexibility index (Phi) is 3.73. The molecule has 6 heteroatoms. The zero-order valence-electron chi connectivity index (χ0n) is 9.14. The van der Waals surface area contributed by atoms with Gasteiger partial charge in [-0.25, -0.2) is 0 Å². The van der Waals surface area contributed by atoms with Crippen LogP contribution in [-0.2, 0) is 9.59 Å². The highest BCUT2D eigenvalue weighted by Gasteiger charge is 2.50. The first-order valence-electron chi connectivity index (χ1n) is 5.29. The number of carbonyl (C=O) groups excluding carboxylic acids is 1. The van der Waals surface area contributed by atoms with Crippen molar-refractivity contribution >= 4 is 35.0 Å². The molecule has 1 fully saturated rings. The van der Waals surface area contributed by atoms with Crippen LogP contribution < -0.4 is 5.32 Å². The second-order valence-corrected chi connectivity index (χ2v) is 6.31. The van der Waals surface area contributed by atoms with Crippen molar-refractivity contribution in [2.75, 3.05) is 12.3 Å². The Bertz CT molecular complexity index is 412. The lowest BCUT2D eigenvalue weighted by Crippen LogP contribution is -2.35. The van der Waals surface area contributed by atoms with Crippen LogP contribution in [0.2, 0.25) is 0 Å². The third kappa shape index (κ3) is 3.23. The lowest BCUT2D eigenvalue weighted by molar-refractivity contribution is -0.143. The Balaban J connectivity index is 1.70. The number of amides is 1. The van der Waals surface area contributed by atoms with E-state index in [9.17, 15) is 9.59 Å². The van der Waals surface area contributed by atoms with Gasteiger partial charge in [-0.1, -0.05) is 6.07 Å². The lowest BCUT2D eigenvalue weighted by Gasteiger charge is -2.10. The average molecular weight is 271 g/mol. The van der Waals surface area contributed by atoms with Gasteiger partial charge in [0.2, 0.25) is 5.91 Å². The van der Waals surface area contributed by atoms with Crippen LogP contribution in [-0.4, -0.2) is 29.3 Å². The Hall–Kier alpha value is -1.01. The van der Waals surface area contributed by atoms with Crippen LogP contribution in [0.15, 0.2) is 21.7 Å².